The topological polar surface area (TPSA) is 93.5 Å². The number of nitrogen functional groups attached to an aromatic ring is 1. The molecule has 0 bridgehead atoms. The van der Waals surface area contributed by atoms with Crippen LogP contribution in [0.15, 0.2) is 71.7 Å². The number of aromatic nitrogens is 2. The Morgan fingerprint density at radius 2 is 1.59 bits per heavy atom. The van der Waals surface area contributed by atoms with E-state index in [1.165, 1.54) is 16.7 Å². The van der Waals surface area contributed by atoms with Gasteiger partial charge in [0.15, 0.2) is 0 Å². The monoisotopic (exact) mass is 556 g/mol. The van der Waals surface area contributed by atoms with Crippen LogP contribution >= 0.6 is 0 Å². The van der Waals surface area contributed by atoms with Gasteiger partial charge in [-0.05, 0) is 49.9 Å². The number of nitrogens with zero attached hydrogens (tertiary/aromatic N) is 3. The summed E-state index contributed by atoms with van der Waals surface area (Å²) in [4.78, 5) is 12.6. The zero-order chi connectivity index (χ0) is 31.1. The summed E-state index contributed by atoms with van der Waals surface area (Å²) >= 11 is 0. The maximum atomic E-state index is 10.5. The van der Waals surface area contributed by atoms with Crippen molar-refractivity contribution >= 4 is 18.7 Å². The van der Waals surface area contributed by atoms with E-state index >= 15 is 0 Å². The van der Waals surface area contributed by atoms with E-state index in [0.717, 1.165) is 33.8 Å². The standard InChI is InChI=1S/C30H34N4O.2C2H6.CH2O/c1-19(2)29-22(5)34(27-15-14-20(3)16-21(27)4)33-30(29)24-12-9-13-26(31)25(24)17-32-18-28(35)23-10-7-6-8-11-23;3*1-2/h6-17,19,28,35H,18,31H2,1-5H3;2*1-2H3;1H2/t28-;;;/m0.../s1. The first kappa shape index (κ1) is 35.0. The van der Waals surface area contributed by atoms with Crippen molar-refractivity contribution in [3.63, 3.8) is 0 Å². The van der Waals surface area contributed by atoms with Crippen molar-refractivity contribution in [1.82, 2.24) is 9.78 Å². The lowest BCUT2D eigenvalue weighted by Gasteiger charge is -2.12. The number of nitrogens with two attached hydrogens (primary N) is 1. The molecule has 0 spiro atoms. The van der Waals surface area contributed by atoms with E-state index < -0.39 is 6.10 Å². The van der Waals surface area contributed by atoms with Crippen LogP contribution in [0.3, 0.4) is 0 Å². The minimum absolute atomic E-state index is 0.255. The Kier molecular flexibility index (Phi) is 15.0. The molecular formula is C35H48N4O2. The summed E-state index contributed by atoms with van der Waals surface area (Å²) in [5.41, 5.74) is 16.4. The molecular weight excluding hydrogens is 508 g/mol. The summed E-state index contributed by atoms with van der Waals surface area (Å²) in [5, 5.41) is 15.6. The second-order valence-corrected chi connectivity index (χ2v) is 9.43. The summed E-state index contributed by atoms with van der Waals surface area (Å²) in [7, 11) is 0. The average Bonchev–Trinajstić information content (AvgIpc) is 3.34. The zero-order valence-electron chi connectivity index (χ0n) is 26.3. The second-order valence-electron chi connectivity index (χ2n) is 9.43. The first-order valence-electron chi connectivity index (χ1n) is 14.4. The van der Waals surface area contributed by atoms with E-state index in [2.05, 4.69) is 57.8 Å². The molecule has 0 amide bonds. The number of aliphatic hydroxyl groups excluding tert-OH is 1. The zero-order valence-corrected chi connectivity index (χ0v) is 26.3. The molecule has 0 unspecified atom stereocenters. The molecule has 3 aromatic carbocycles. The molecule has 1 heterocycles. The molecule has 0 saturated heterocycles. The molecule has 6 nitrogen and oxygen atoms in total. The minimum Gasteiger partial charge on any atom is -0.398 e. The molecule has 1 aromatic heterocycles. The van der Waals surface area contributed by atoms with Gasteiger partial charge in [0.2, 0.25) is 0 Å². The number of carbonyl (C=O) groups is 1. The van der Waals surface area contributed by atoms with E-state index in [1.54, 1.807) is 6.21 Å². The Labute approximate surface area is 247 Å². The van der Waals surface area contributed by atoms with Crippen LogP contribution in [-0.4, -0.2) is 34.4 Å². The summed E-state index contributed by atoms with van der Waals surface area (Å²) in [6.45, 7) is 21.0. The van der Waals surface area contributed by atoms with Crippen LogP contribution in [0.1, 0.15) is 87.1 Å². The van der Waals surface area contributed by atoms with Crippen LogP contribution in [0.25, 0.3) is 16.9 Å². The molecule has 0 radical (unpaired) electrons. The predicted octanol–water partition coefficient (Wildman–Crippen LogP) is 8.19. The number of anilines is 1. The van der Waals surface area contributed by atoms with Gasteiger partial charge < -0.3 is 15.6 Å². The summed E-state index contributed by atoms with van der Waals surface area (Å²) in [5.74, 6) is 0.274. The van der Waals surface area contributed by atoms with Gasteiger partial charge in [-0.1, -0.05) is 102 Å². The van der Waals surface area contributed by atoms with Crippen molar-refractivity contribution in [2.45, 2.75) is 74.3 Å². The van der Waals surface area contributed by atoms with E-state index in [0.29, 0.717) is 5.69 Å². The molecule has 0 saturated carbocycles. The highest BCUT2D eigenvalue weighted by molar-refractivity contribution is 5.96. The van der Waals surface area contributed by atoms with Crippen LogP contribution < -0.4 is 5.73 Å². The third-order valence-electron chi connectivity index (χ3n) is 6.40. The molecule has 4 aromatic rings. The number of hydrogen-bond acceptors (Lipinski definition) is 5. The van der Waals surface area contributed by atoms with Gasteiger partial charge in [0, 0.05) is 34.3 Å². The van der Waals surface area contributed by atoms with Crippen LogP contribution in [-0.2, 0) is 4.79 Å². The molecule has 0 aliphatic carbocycles. The van der Waals surface area contributed by atoms with Crippen molar-refractivity contribution in [3.05, 3.63) is 100 Å². The molecule has 6 heteroatoms. The quantitative estimate of drug-likeness (QED) is 0.177. The average molecular weight is 557 g/mol. The number of benzene rings is 3. The first-order valence-corrected chi connectivity index (χ1v) is 14.4. The molecule has 220 valence electrons. The van der Waals surface area contributed by atoms with Gasteiger partial charge in [-0.3, -0.25) is 4.99 Å². The number of rotatable bonds is 7. The molecule has 0 aliphatic rings. The van der Waals surface area contributed by atoms with Gasteiger partial charge in [-0.25, -0.2) is 4.68 Å². The minimum atomic E-state index is -0.668. The normalized spacial score (nSPS) is 11.1. The van der Waals surface area contributed by atoms with Gasteiger partial charge in [0.25, 0.3) is 0 Å². The molecule has 3 N–H and O–H groups in total. The Balaban J connectivity index is 0.00000131. The van der Waals surface area contributed by atoms with Gasteiger partial charge in [-0.2, -0.15) is 5.10 Å². The summed E-state index contributed by atoms with van der Waals surface area (Å²) in [6, 6.07) is 21.9. The fourth-order valence-corrected chi connectivity index (χ4v) is 4.64. The number of carbonyl (C=O) groups excluding carboxylic acids is 1. The highest BCUT2D eigenvalue weighted by Crippen LogP contribution is 2.36. The van der Waals surface area contributed by atoms with Crippen molar-refractivity contribution in [1.29, 1.82) is 0 Å². The number of aliphatic hydroxyl groups is 1. The van der Waals surface area contributed by atoms with E-state index in [4.69, 9.17) is 15.6 Å². The smallest absolute Gasteiger partial charge is 0.106 e. The fourth-order valence-electron chi connectivity index (χ4n) is 4.64. The maximum Gasteiger partial charge on any atom is 0.106 e. The lowest BCUT2D eigenvalue weighted by Crippen LogP contribution is -2.03. The van der Waals surface area contributed by atoms with E-state index in [-0.39, 0.29) is 12.5 Å². The molecule has 0 aliphatic heterocycles. The van der Waals surface area contributed by atoms with Crippen LogP contribution in [0.2, 0.25) is 0 Å². The van der Waals surface area contributed by atoms with E-state index in [1.807, 2.05) is 87.7 Å². The Hall–Kier alpha value is -4.03. The molecule has 0 fully saturated rings. The van der Waals surface area contributed by atoms with Gasteiger partial charge in [0.1, 0.15) is 6.79 Å². The third-order valence-corrected chi connectivity index (χ3v) is 6.40. The predicted molar refractivity (Wildman–Crippen MR) is 175 cm³/mol. The third kappa shape index (κ3) is 8.73. The lowest BCUT2D eigenvalue weighted by molar-refractivity contribution is -0.0980. The van der Waals surface area contributed by atoms with Crippen molar-refractivity contribution in [2.75, 3.05) is 12.3 Å². The van der Waals surface area contributed by atoms with Crippen molar-refractivity contribution in [3.8, 4) is 16.9 Å². The first-order chi connectivity index (χ1) is 19.8. The van der Waals surface area contributed by atoms with Crippen LogP contribution in [0, 0.1) is 20.8 Å². The largest absolute Gasteiger partial charge is 0.398 e. The Morgan fingerprint density at radius 3 is 2.17 bits per heavy atom. The SMILES string of the molecule is C=O.CC.CC.Cc1ccc(-n2nc(-c3cccc(N)c3C=NC[C@H](O)c3ccccc3)c(C(C)C)c2C)c(C)c1. The van der Waals surface area contributed by atoms with Crippen molar-refractivity contribution in [2.24, 2.45) is 4.99 Å². The molecule has 1 atom stereocenters. The van der Waals surface area contributed by atoms with E-state index in [9.17, 15) is 5.11 Å². The fraction of sp³-hybridized carbons (Fsp3) is 0.343. The maximum absolute atomic E-state index is 10.5. The molecule has 4 rings (SSSR count). The Morgan fingerprint density at radius 1 is 0.951 bits per heavy atom. The molecule has 41 heavy (non-hydrogen) atoms. The lowest BCUT2D eigenvalue weighted by atomic mass is 9.94. The van der Waals surface area contributed by atoms with Crippen molar-refractivity contribution < 1.29 is 9.90 Å². The summed E-state index contributed by atoms with van der Waals surface area (Å²) in [6.07, 6.45) is 1.10. The van der Waals surface area contributed by atoms with Gasteiger partial charge >= 0.3 is 0 Å². The Bertz CT molecular complexity index is 1370. The second kappa shape index (κ2) is 17.6. The number of hydrogen-bond donors (Lipinski definition) is 2. The number of aliphatic imine (C=N–C) groups is 1. The van der Waals surface area contributed by atoms with Gasteiger partial charge in [-0.15, -0.1) is 0 Å². The van der Waals surface area contributed by atoms with Crippen LogP contribution in [0.5, 0.6) is 0 Å². The number of aryl methyl sites for hydroxylation is 2. The van der Waals surface area contributed by atoms with Gasteiger partial charge in [0.05, 0.1) is 24.0 Å². The highest BCUT2D eigenvalue weighted by Gasteiger charge is 2.22. The summed E-state index contributed by atoms with van der Waals surface area (Å²) < 4.78 is 2.04. The highest BCUT2D eigenvalue weighted by atomic mass is 16.3. The van der Waals surface area contributed by atoms with Crippen LogP contribution in [0.4, 0.5) is 5.69 Å².